The molecule has 0 aliphatic carbocycles. The highest BCUT2D eigenvalue weighted by atomic mass is 32.2. The van der Waals surface area contributed by atoms with Crippen molar-refractivity contribution < 1.29 is 8.42 Å². The van der Waals surface area contributed by atoms with Crippen LogP contribution >= 0.6 is 0 Å². The Morgan fingerprint density at radius 1 is 1.04 bits per heavy atom. The van der Waals surface area contributed by atoms with Crippen LogP contribution in [0, 0.1) is 5.41 Å². The number of piperidine rings is 1. The van der Waals surface area contributed by atoms with Crippen LogP contribution in [0.4, 0.5) is 0 Å². The van der Waals surface area contributed by atoms with Gasteiger partial charge in [0.1, 0.15) is 11.6 Å². The number of aromatic nitrogens is 3. The molecule has 0 aromatic carbocycles. The molecule has 1 spiro atoms. The van der Waals surface area contributed by atoms with Crippen LogP contribution < -0.4 is 0 Å². The molecule has 2 aliphatic heterocycles. The zero-order chi connectivity index (χ0) is 16.5. The van der Waals surface area contributed by atoms with Gasteiger partial charge in [-0.2, -0.15) is 0 Å². The summed E-state index contributed by atoms with van der Waals surface area (Å²) in [6, 6.07) is 0. The second kappa shape index (κ2) is 6.51. The Bertz CT molecular complexity index is 645. The van der Waals surface area contributed by atoms with Crippen molar-refractivity contribution >= 4 is 10.0 Å². The Kier molecular flexibility index (Phi) is 4.78. The van der Waals surface area contributed by atoms with Crippen molar-refractivity contribution in [1.82, 2.24) is 19.1 Å². The van der Waals surface area contributed by atoms with E-state index in [2.05, 4.69) is 21.7 Å². The Labute approximate surface area is 139 Å². The molecule has 1 saturated heterocycles. The lowest BCUT2D eigenvalue weighted by Crippen LogP contribution is -2.44. The van der Waals surface area contributed by atoms with Gasteiger partial charge in [-0.15, -0.1) is 10.2 Å². The minimum absolute atomic E-state index is 0.279. The minimum Gasteiger partial charge on any atom is -0.315 e. The third-order valence-electron chi connectivity index (χ3n) is 5.60. The minimum atomic E-state index is -3.05. The van der Waals surface area contributed by atoms with Gasteiger partial charge in [-0.1, -0.05) is 13.8 Å². The molecule has 1 aromatic heterocycles. The van der Waals surface area contributed by atoms with Crippen LogP contribution in [0.25, 0.3) is 0 Å². The lowest BCUT2D eigenvalue weighted by atomic mass is 9.73. The maximum Gasteiger partial charge on any atom is 0.214 e. The third-order valence-corrected chi connectivity index (χ3v) is 7.68. The molecule has 0 radical (unpaired) electrons. The first-order valence-electron chi connectivity index (χ1n) is 8.88. The first-order chi connectivity index (χ1) is 11.0. The normalized spacial score (nSPS) is 22.0. The van der Waals surface area contributed by atoms with Crippen LogP contribution in [0.3, 0.4) is 0 Å². The van der Waals surface area contributed by atoms with Crippen molar-refractivity contribution in [2.45, 2.75) is 65.3 Å². The van der Waals surface area contributed by atoms with Crippen molar-refractivity contribution in [2.75, 3.05) is 18.8 Å². The maximum absolute atomic E-state index is 12.2. The number of fused-ring (bicyclic) bond motifs is 1. The fourth-order valence-electron chi connectivity index (χ4n) is 4.05. The first kappa shape index (κ1) is 16.9. The third kappa shape index (κ3) is 3.31. The highest BCUT2D eigenvalue weighted by Gasteiger charge is 2.39. The summed E-state index contributed by atoms with van der Waals surface area (Å²) in [7, 11) is -3.05. The van der Waals surface area contributed by atoms with Crippen LogP contribution in [0.5, 0.6) is 0 Å². The molecule has 1 fully saturated rings. The summed E-state index contributed by atoms with van der Waals surface area (Å²) in [4.78, 5) is 0. The van der Waals surface area contributed by atoms with Crippen LogP contribution in [-0.4, -0.2) is 46.3 Å². The molecule has 130 valence electrons. The highest BCUT2D eigenvalue weighted by molar-refractivity contribution is 7.89. The average Bonchev–Trinajstić information content (AvgIpc) is 2.85. The topological polar surface area (TPSA) is 68.1 Å². The number of hydrogen-bond acceptors (Lipinski definition) is 4. The van der Waals surface area contributed by atoms with E-state index >= 15 is 0 Å². The van der Waals surface area contributed by atoms with Gasteiger partial charge in [0.15, 0.2) is 0 Å². The van der Waals surface area contributed by atoms with E-state index < -0.39 is 10.0 Å². The molecule has 6 nitrogen and oxygen atoms in total. The second-order valence-corrected chi connectivity index (χ2v) is 9.09. The predicted molar refractivity (Wildman–Crippen MR) is 89.7 cm³/mol. The average molecular weight is 340 g/mol. The monoisotopic (exact) mass is 340 g/mol. The molecule has 0 N–H and O–H groups in total. The number of aryl methyl sites for hydroxylation is 2. The molecule has 0 atom stereocenters. The molecule has 7 heteroatoms. The quantitative estimate of drug-likeness (QED) is 0.841. The van der Waals surface area contributed by atoms with Crippen molar-refractivity contribution in [3.05, 3.63) is 11.6 Å². The molecule has 3 heterocycles. The van der Waals surface area contributed by atoms with E-state index in [0.717, 1.165) is 56.7 Å². The van der Waals surface area contributed by atoms with E-state index in [-0.39, 0.29) is 11.2 Å². The van der Waals surface area contributed by atoms with Crippen LogP contribution in [0.15, 0.2) is 0 Å². The molecule has 0 unspecified atom stereocenters. The number of hydrogen-bond donors (Lipinski definition) is 0. The fourth-order valence-corrected chi connectivity index (χ4v) is 5.57. The van der Waals surface area contributed by atoms with E-state index in [0.29, 0.717) is 19.5 Å². The fraction of sp³-hybridized carbons (Fsp3) is 0.875. The maximum atomic E-state index is 12.2. The van der Waals surface area contributed by atoms with Gasteiger partial charge in [0, 0.05) is 32.5 Å². The molecular formula is C16H28N4O2S. The molecule has 0 bridgehead atoms. The Morgan fingerprint density at radius 3 is 2.39 bits per heavy atom. The van der Waals surface area contributed by atoms with Gasteiger partial charge in [-0.05, 0) is 37.5 Å². The van der Waals surface area contributed by atoms with E-state index in [4.69, 9.17) is 0 Å². The van der Waals surface area contributed by atoms with Gasteiger partial charge >= 0.3 is 0 Å². The Hall–Kier alpha value is -0.950. The van der Waals surface area contributed by atoms with Gasteiger partial charge in [-0.25, -0.2) is 12.7 Å². The smallest absolute Gasteiger partial charge is 0.214 e. The van der Waals surface area contributed by atoms with E-state index in [9.17, 15) is 8.42 Å². The van der Waals surface area contributed by atoms with Crippen LogP contribution in [-0.2, 0) is 29.4 Å². The van der Waals surface area contributed by atoms with Gasteiger partial charge in [0.05, 0.1) is 5.75 Å². The van der Waals surface area contributed by atoms with Crippen molar-refractivity contribution in [1.29, 1.82) is 0 Å². The van der Waals surface area contributed by atoms with Gasteiger partial charge < -0.3 is 4.57 Å². The van der Waals surface area contributed by atoms with Gasteiger partial charge in [0.2, 0.25) is 10.0 Å². The molecular weight excluding hydrogens is 312 g/mol. The second-order valence-electron chi connectivity index (χ2n) is 7.00. The molecule has 0 saturated carbocycles. The zero-order valence-corrected chi connectivity index (χ0v) is 15.1. The Morgan fingerprint density at radius 2 is 1.74 bits per heavy atom. The number of rotatable bonds is 4. The van der Waals surface area contributed by atoms with E-state index in [1.807, 2.05) is 6.92 Å². The standard InChI is InChI=1S/C16H28N4O2S/c1-3-13-23(21,22)19-10-7-16(8-11-19)6-5-15-18-17-14(4-2)20(15)12-9-16/h3-13H2,1-2H3. The lowest BCUT2D eigenvalue weighted by Gasteiger charge is -2.40. The van der Waals surface area contributed by atoms with E-state index in [1.165, 1.54) is 0 Å². The largest absolute Gasteiger partial charge is 0.315 e. The van der Waals surface area contributed by atoms with Crippen LogP contribution in [0.2, 0.25) is 0 Å². The van der Waals surface area contributed by atoms with Gasteiger partial charge in [0.25, 0.3) is 0 Å². The number of nitrogens with zero attached hydrogens (tertiary/aromatic N) is 4. The molecule has 2 aliphatic rings. The van der Waals surface area contributed by atoms with Crippen LogP contribution in [0.1, 0.15) is 57.6 Å². The summed E-state index contributed by atoms with van der Waals surface area (Å²) in [5, 5.41) is 8.63. The summed E-state index contributed by atoms with van der Waals surface area (Å²) < 4.78 is 28.5. The molecule has 3 rings (SSSR count). The first-order valence-corrected chi connectivity index (χ1v) is 10.5. The summed E-state index contributed by atoms with van der Waals surface area (Å²) in [5.41, 5.74) is 0.282. The van der Waals surface area contributed by atoms with Crippen molar-refractivity contribution in [3.8, 4) is 0 Å². The summed E-state index contributed by atoms with van der Waals surface area (Å²) in [6.45, 7) is 6.39. The molecule has 1 aromatic rings. The number of sulfonamides is 1. The van der Waals surface area contributed by atoms with Gasteiger partial charge in [-0.3, -0.25) is 0 Å². The summed E-state index contributed by atoms with van der Waals surface area (Å²) >= 11 is 0. The predicted octanol–water partition coefficient (Wildman–Crippen LogP) is 2.00. The molecule has 23 heavy (non-hydrogen) atoms. The SMILES string of the molecule is CCCS(=O)(=O)N1CCC2(CCc3nnc(CC)n3CC2)CC1. The lowest BCUT2D eigenvalue weighted by molar-refractivity contribution is 0.129. The van der Waals surface area contributed by atoms with Crippen molar-refractivity contribution in [3.63, 3.8) is 0 Å². The Balaban J connectivity index is 1.67. The summed E-state index contributed by atoms with van der Waals surface area (Å²) in [5.74, 6) is 2.47. The molecule has 0 amide bonds. The van der Waals surface area contributed by atoms with E-state index in [1.54, 1.807) is 4.31 Å². The zero-order valence-electron chi connectivity index (χ0n) is 14.3. The summed E-state index contributed by atoms with van der Waals surface area (Å²) in [6.07, 6.45) is 6.77. The van der Waals surface area contributed by atoms with Crippen molar-refractivity contribution in [2.24, 2.45) is 5.41 Å². The highest BCUT2D eigenvalue weighted by Crippen LogP contribution is 2.42.